The summed E-state index contributed by atoms with van der Waals surface area (Å²) in [5.74, 6) is -0.0192. The van der Waals surface area contributed by atoms with Gasteiger partial charge in [-0.3, -0.25) is 14.5 Å². The second-order valence-electron chi connectivity index (χ2n) is 7.82. The van der Waals surface area contributed by atoms with Gasteiger partial charge in [-0.25, -0.2) is 0 Å². The van der Waals surface area contributed by atoms with Crippen LogP contribution in [0.3, 0.4) is 0 Å². The van der Waals surface area contributed by atoms with E-state index in [0.717, 1.165) is 18.7 Å². The van der Waals surface area contributed by atoms with Crippen LogP contribution in [0.25, 0.3) is 0 Å². The Morgan fingerprint density at radius 3 is 2.83 bits per heavy atom. The lowest BCUT2D eigenvalue weighted by atomic mass is 9.98. The number of carbonyl (C=O) groups is 2. The van der Waals surface area contributed by atoms with Crippen molar-refractivity contribution in [1.82, 2.24) is 4.90 Å². The number of fused-ring (bicyclic) bond motifs is 2. The Balaban J connectivity index is 1.47. The second-order valence-corrected chi connectivity index (χ2v) is 9.80. The maximum atomic E-state index is 13.6. The van der Waals surface area contributed by atoms with E-state index in [1.165, 1.54) is 15.3 Å². The highest BCUT2D eigenvalue weighted by Crippen LogP contribution is 2.40. The Kier molecular flexibility index (Phi) is 5.18. The van der Waals surface area contributed by atoms with Crippen molar-refractivity contribution in [2.45, 2.75) is 31.8 Å². The van der Waals surface area contributed by atoms with Crippen molar-refractivity contribution in [3.8, 4) is 0 Å². The van der Waals surface area contributed by atoms with E-state index in [2.05, 4.69) is 39.2 Å². The first kappa shape index (κ1) is 19.5. The average molecular weight is 438 g/mol. The summed E-state index contributed by atoms with van der Waals surface area (Å²) in [6.07, 6.45) is 1.26. The van der Waals surface area contributed by atoms with Crippen LogP contribution in [0.1, 0.15) is 34.7 Å². The van der Waals surface area contributed by atoms with Crippen molar-refractivity contribution in [2.75, 3.05) is 23.3 Å². The molecule has 2 aromatic heterocycles. The highest BCUT2D eigenvalue weighted by Gasteiger charge is 2.35. The van der Waals surface area contributed by atoms with Crippen molar-refractivity contribution in [1.29, 1.82) is 0 Å². The summed E-state index contributed by atoms with van der Waals surface area (Å²) in [5, 5.41) is 7.19. The summed E-state index contributed by atoms with van der Waals surface area (Å²) in [6, 6.07) is 13.9. The van der Waals surface area contributed by atoms with Gasteiger partial charge in [-0.2, -0.15) is 0 Å². The summed E-state index contributed by atoms with van der Waals surface area (Å²) in [4.78, 5) is 32.7. The van der Waals surface area contributed by atoms with Crippen LogP contribution in [-0.2, 0) is 16.0 Å². The van der Waals surface area contributed by atoms with E-state index in [-0.39, 0.29) is 23.9 Å². The van der Waals surface area contributed by atoms with Crippen molar-refractivity contribution in [3.05, 3.63) is 68.5 Å². The van der Waals surface area contributed by atoms with Gasteiger partial charge in [-0.05, 0) is 53.9 Å². The van der Waals surface area contributed by atoms with Crippen LogP contribution in [0.4, 0.5) is 11.4 Å². The zero-order valence-corrected chi connectivity index (χ0v) is 18.3. The number of nitrogens with one attached hydrogen (secondary N) is 1. The number of hydrogen-bond acceptors (Lipinski definition) is 5. The number of nitrogens with zero attached hydrogens (tertiary/aromatic N) is 2. The van der Waals surface area contributed by atoms with Gasteiger partial charge in [-0.1, -0.05) is 18.2 Å². The topological polar surface area (TPSA) is 52.7 Å². The van der Waals surface area contributed by atoms with E-state index in [1.54, 1.807) is 22.7 Å². The highest BCUT2D eigenvalue weighted by atomic mass is 32.1. The number of anilines is 2. The van der Waals surface area contributed by atoms with Crippen molar-refractivity contribution in [2.24, 2.45) is 0 Å². The first-order valence-corrected chi connectivity index (χ1v) is 11.9. The third kappa shape index (κ3) is 3.47. The average Bonchev–Trinajstić information content (AvgIpc) is 3.38. The molecule has 2 aliphatic rings. The maximum absolute atomic E-state index is 13.6. The first-order valence-electron chi connectivity index (χ1n) is 10.2. The molecule has 1 aromatic carbocycles. The standard InChI is InChI=1S/C23H23N3O2S2/c1-15-13-21(27)24-17-5-2-3-6-18(17)26(15)22(28)14-25-10-8-19-16(9-12-30-19)23(25)20-7-4-11-29-20/h2-7,9,11-12,15,23H,8,10,13-14H2,1H3,(H,24,27)/t15-,23+/m0/s1. The van der Waals surface area contributed by atoms with Gasteiger partial charge in [0.2, 0.25) is 11.8 Å². The molecular weight excluding hydrogens is 414 g/mol. The summed E-state index contributed by atoms with van der Waals surface area (Å²) in [6.45, 7) is 3.12. The molecule has 0 radical (unpaired) electrons. The van der Waals surface area contributed by atoms with E-state index in [9.17, 15) is 9.59 Å². The van der Waals surface area contributed by atoms with Gasteiger partial charge in [0.15, 0.2) is 0 Å². The van der Waals surface area contributed by atoms with Crippen LogP contribution in [0.5, 0.6) is 0 Å². The number of amides is 2. The van der Waals surface area contributed by atoms with Gasteiger partial charge >= 0.3 is 0 Å². The molecule has 5 nitrogen and oxygen atoms in total. The minimum atomic E-state index is -0.192. The smallest absolute Gasteiger partial charge is 0.241 e. The number of para-hydroxylation sites is 2. The van der Waals surface area contributed by atoms with Crippen LogP contribution in [-0.4, -0.2) is 35.8 Å². The van der Waals surface area contributed by atoms with Gasteiger partial charge in [0.05, 0.1) is 24.0 Å². The number of hydrogen-bond donors (Lipinski definition) is 1. The molecule has 2 aliphatic heterocycles. The molecule has 7 heteroatoms. The van der Waals surface area contributed by atoms with Gasteiger partial charge in [-0.15, -0.1) is 22.7 Å². The van der Waals surface area contributed by atoms with Crippen LogP contribution in [0, 0.1) is 0 Å². The molecule has 0 fully saturated rings. The molecule has 2 atom stereocenters. The molecule has 5 rings (SSSR count). The number of rotatable bonds is 3. The highest BCUT2D eigenvalue weighted by molar-refractivity contribution is 7.10. The Hall–Kier alpha value is -2.48. The van der Waals surface area contributed by atoms with Crippen LogP contribution in [0.15, 0.2) is 53.2 Å². The third-order valence-electron chi connectivity index (χ3n) is 5.84. The molecule has 0 spiro atoms. The summed E-state index contributed by atoms with van der Waals surface area (Å²) in [5.41, 5.74) is 2.80. The minimum absolute atomic E-state index is 0.0340. The maximum Gasteiger partial charge on any atom is 0.241 e. The van der Waals surface area contributed by atoms with E-state index in [0.29, 0.717) is 18.7 Å². The molecule has 0 saturated heterocycles. The van der Waals surface area contributed by atoms with Crippen molar-refractivity contribution in [3.63, 3.8) is 0 Å². The molecule has 154 valence electrons. The minimum Gasteiger partial charge on any atom is -0.324 e. The molecule has 0 saturated carbocycles. The fourth-order valence-corrected chi connectivity index (χ4v) is 6.32. The Morgan fingerprint density at radius 1 is 1.13 bits per heavy atom. The van der Waals surface area contributed by atoms with Crippen molar-refractivity contribution < 1.29 is 9.59 Å². The van der Waals surface area contributed by atoms with Crippen LogP contribution in [0.2, 0.25) is 0 Å². The molecule has 30 heavy (non-hydrogen) atoms. The van der Waals surface area contributed by atoms with E-state index >= 15 is 0 Å². The predicted molar refractivity (Wildman–Crippen MR) is 122 cm³/mol. The predicted octanol–water partition coefficient (Wildman–Crippen LogP) is 4.52. The van der Waals surface area contributed by atoms with E-state index in [4.69, 9.17) is 0 Å². The molecule has 3 aromatic rings. The third-order valence-corrected chi connectivity index (χ3v) is 7.77. The second kappa shape index (κ2) is 7.98. The molecular formula is C23H23N3O2S2. The summed E-state index contributed by atoms with van der Waals surface area (Å²) in [7, 11) is 0. The van der Waals surface area contributed by atoms with E-state index in [1.807, 2.05) is 36.1 Å². The van der Waals surface area contributed by atoms with Crippen molar-refractivity contribution >= 4 is 45.9 Å². The summed E-state index contributed by atoms with van der Waals surface area (Å²) < 4.78 is 0. The lowest BCUT2D eigenvalue weighted by Crippen LogP contribution is -2.47. The molecule has 1 N–H and O–H groups in total. The number of thiophene rings is 2. The van der Waals surface area contributed by atoms with Gasteiger partial charge in [0, 0.05) is 28.8 Å². The lowest BCUT2D eigenvalue weighted by Gasteiger charge is -2.37. The van der Waals surface area contributed by atoms with Gasteiger partial charge in [0.25, 0.3) is 0 Å². The molecule has 0 aliphatic carbocycles. The monoisotopic (exact) mass is 437 g/mol. The fourth-order valence-electron chi connectivity index (χ4n) is 4.54. The molecule has 4 heterocycles. The number of carbonyl (C=O) groups excluding carboxylic acids is 2. The summed E-state index contributed by atoms with van der Waals surface area (Å²) >= 11 is 3.55. The van der Waals surface area contributed by atoms with Gasteiger partial charge in [0.1, 0.15) is 0 Å². The van der Waals surface area contributed by atoms with Crippen LogP contribution >= 0.6 is 22.7 Å². The lowest BCUT2D eigenvalue weighted by molar-refractivity contribution is -0.120. The quantitative estimate of drug-likeness (QED) is 0.655. The largest absolute Gasteiger partial charge is 0.324 e. The Labute approximate surface area is 183 Å². The Bertz CT molecular complexity index is 1080. The number of benzene rings is 1. The fraction of sp³-hybridized carbons (Fsp3) is 0.304. The first-order chi connectivity index (χ1) is 14.6. The SMILES string of the molecule is C[C@H]1CC(=O)Nc2ccccc2N1C(=O)CN1CCc2sccc2[C@@H]1c1cccs1. The molecule has 0 unspecified atom stereocenters. The van der Waals surface area contributed by atoms with Gasteiger partial charge < -0.3 is 10.2 Å². The normalized spacial score (nSPS) is 21.5. The Morgan fingerprint density at radius 2 is 2.00 bits per heavy atom. The van der Waals surface area contributed by atoms with E-state index < -0.39 is 0 Å². The molecule has 2 amide bonds. The zero-order valence-electron chi connectivity index (χ0n) is 16.7. The van der Waals surface area contributed by atoms with Crippen LogP contribution < -0.4 is 10.2 Å². The zero-order chi connectivity index (χ0) is 20.7. The molecule has 0 bridgehead atoms.